The maximum Gasteiger partial charge on any atom is 0.189 e. The molecule has 16 heavy (non-hydrogen) atoms. The van der Waals surface area contributed by atoms with Gasteiger partial charge in [0, 0.05) is 23.4 Å². The van der Waals surface area contributed by atoms with Gasteiger partial charge >= 0.3 is 0 Å². The minimum Gasteiger partial charge on any atom is -0.383 e. The number of hydrogen-bond acceptors (Lipinski definition) is 3. The highest BCUT2D eigenvalue weighted by molar-refractivity contribution is 7.11. The molecule has 5 heteroatoms. The summed E-state index contributed by atoms with van der Waals surface area (Å²) < 4.78 is 4.90. The molecule has 1 heterocycles. The first-order valence-electron chi connectivity index (χ1n) is 5.36. The normalized spacial score (nSPS) is 11.8. The summed E-state index contributed by atoms with van der Waals surface area (Å²) in [5.74, 6) is 0.475. The fourth-order valence-electron chi connectivity index (χ4n) is 1.20. The smallest absolute Gasteiger partial charge is 0.189 e. The Hall–Kier alpha value is -1.07. The number of nitrogens with two attached hydrogens (primary N) is 1. The van der Waals surface area contributed by atoms with E-state index in [2.05, 4.69) is 29.4 Å². The first kappa shape index (κ1) is 13.0. The molecule has 0 unspecified atom stereocenters. The quantitative estimate of drug-likeness (QED) is 0.449. The summed E-state index contributed by atoms with van der Waals surface area (Å²) in [4.78, 5) is 6.88. The van der Waals surface area contributed by atoms with Crippen LogP contribution in [0.15, 0.2) is 17.1 Å². The molecule has 0 aliphatic carbocycles. The third-order valence-electron chi connectivity index (χ3n) is 2.08. The number of aryl methyl sites for hydroxylation is 1. The van der Waals surface area contributed by atoms with Crippen LogP contribution in [0.2, 0.25) is 0 Å². The molecule has 0 amide bonds. The second-order valence-corrected chi connectivity index (χ2v) is 4.60. The molecule has 0 fully saturated rings. The first-order chi connectivity index (χ1) is 7.76. The number of rotatable bonds is 6. The van der Waals surface area contributed by atoms with Gasteiger partial charge in [0.25, 0.3) is 0 Å². The van der Waals surface area contributed by atoms with E-state index in [0.717, 1.165) is 6.42 Å². The van der Waals surface area contributed by atoms with Crippen molar-refractivity contribution in [2.24, 2.45) is 10.7 Å². The maximum absolute atomic E-state index is 5.69. The highest BCUT2D eigenvalue weighted by Gasteiger charge is 1.97. The predicted molar refractivity (Wildman–Crippen MR) is 68.9 cm³/mol. The van der Waals surface area contributed by atoms with E-state index in [9.17, 15) is 0 Å². The number of aliphatic imine (C=N–C) groups is 1. The van der Waals surface area contributed by atoms with E-state index in [4.69, 9.17) is 10.5 Å². The fraction of sp³-hybridized carbons (Fsp3) is 0.545. The molecule has 0 spiro atoms. The van der Waals surface area contributed by atoms with Crippen LogP contribution < -0.4 is 11.1 Å². The summed E-state index contributed by atoms with van der Waals surface area (Å²) >= 11 is 1.79. The SMILES string of the molecule is CCc1ccc(CN=C(N)NCCOC)s1. The Labute approximate surface area is 101 Å². The van der Waals surface area contributed by atoms with Crippen LogP contribution in [0, 0.1) is 0 Å². The Bertz CT molecular complexity index is 336. The predicted octanol–water partition coefficient (Wildman–Crippen LogP) is 1.36. The van der Waals surface area contributed by atoms with Crippen LogP contribution in [-0.2, 0) is 17.7 Å². The van der Waals surface area contributed by atoms with Gasteiger partial charge in [-0.2, -0.15) is 0 Å². The summed E-state index contributed by atoms with van der Waals surface area (Å²) in [5, 5.41) is 2.98. The highest BCUT2D eigenvalue weighted by atomic mass is 32.1. The molecule has 4 nitrogen and oxygen atoms in total. The molecule has 1 rings (SSSR count). The van der Waals surface area contributed by atoms with Gasteiger partial charge in [-0.05, 0) is 18.6 Å². The molecule has 0 saturated heterocycles. The van der Waals surface area contributed by atoms with E-state index >= 15 is 0 Å². The topological polar surface area (TPSA) is 59.6 Å². The lowest BCUT2D eigenvalue weighted by Gasteiger charge is -2.03. The molecule has 1 aromatic rings. The van der Waals surface area contributed by atoms with E-state index in [-0.39, 0.29) is 0 Å². The largest absolute Gasteiger partial charge is 0.383 e. The molecule has 0 bridgehead atoms. The maximum atomic E-state index is 5.69. The first-order valence-corrected chi connectivity index (χ1v) is 6.18. The Morgan fingerprint density at radius 3 is 2.88 bits per heavy atom. The van der Waals surface area contributed by atoms with Crippen molar-refractivity contribution in [2.75, 3.05) is 20.3 Å². The molecule has 0 saturated carbocycles. The van der Waals surface area contributed by atoms with Gasteiger partial charge in [-0.15, -0.1) is 11.3 Å². The van der Waals surface area contributed by atoms with E-state index in [1.54, 1.807) is 18.4 Å². The zero-order chi connectivity index (χ0) is 11.8. The number of hydrogen-bond donors (Lipinski definition) is 2. The van der Waals surface area contributed by atoms with E-state index in [1.807, 2.05) is 0 Å². The minimum atomic E-state index is 0.475. The number of guanidine groups is 1. The third-order valence-corrected chi connectivity index (χ3v) is 3.30. The highest BCUT2D eigenvalue weighted by Crippen LogP contribution is 2.17. The molecular weight excluding hydrogens is 222 g/mol. The van der Waals surface area contributed by atoms with Gasteiger partial charge < -0.3 is 15.8 Å². The monoisotopic (exact) mass is 241 g/mol. The van der Waals surface area contributed by atoms with Crippen molar-refractivity contribution in [1.29, 1.82) is 0 Å². The van der Waals surface area contributed by atoms with Gasteiger partial charge in [0.2, 0.25) is 0 Å². The van der Waals surface area contributed by atoms with Gasteiger partial charge in [-0.25, -0.2) is 4.99 Å². The molecular formula is C11H19N3OS. The lowest BCUT2D eigenvalue weighted by molar-refractivity contribution is 0.204. The van der Waals surface area contributed by atoms with Gasteiger partial charge in [0.1, 0.15) is 0 Å². The van der Waals surface area contributed by atoms with Gasteiger partial charge in [-0.1, -0.05) is 6.92 Å². The van der Waals surface area contributed by atoms with Crippen molar-refractivity contribution < 1.29 is 4.74 Å². The van der Waals surface area contributed by atoms with E-state index < -0.39 is 0 Å². The summed E-state index contributed by atoms with van der Waals surface area (Å²) in [6, 6.07) is 4.25. The number of methoxy groups -OCH3 is 1. The van der Waals surface area contributed by atoms with Crippen LogP contribution in [0.25, 0.3) is 0 Å². The molecule has 0 aromatic carbocycles. The zero-order valence-electron chi connectivity index (χ0n) is 9.82. The van der Waals surface area contributed by atoms with Crippen LogP contribution in [0.1, 0.15) is 16.7 Å². The lowest BCUT2D eigenvalue weighted by atomic mass is 10.4. The van der Waals surface area contributed by atoms with Crippen molar-refractivity contribution in [3.05, 3.63) is 21.9 Å². The van der Waals surface area contributed by atoms with Crippen molar-refractivity contribution in [2.45, 2.75) is 19.9 Å². The summed E-state index contributed by atoms with van der Waals surface area (Å²) in [7, 11) is 1.66. The van der Waals surface area contributed by atoms with Crippen molar-refractivity contribution in [3.63, 3.8) is 0 Å². The average molecular weight is 241 g/mol. The molecule has 0 aliphatic rings. The van der Waals surface area contributed by atoms with Crippen LogP contribution in [0.4, 0.5) is 0 Å². The molecule has 1 aromatic heterocycles. The zero-order valence-corrected chi connectivity index (χ0v) is 10.6. The molecule has 3 N–H and O–H groups in total. The molecule has 0 atom stereocenters. The Morgan fingerprint density at radius 2 is 2.25 bits per heavy atom. The summed E-state index contributed by atoms with van der Waals surface area (Å²) in [6.45, 7) is 4.13. The van der Waals surface area contributed by atoms with Gasteiger partial charge in [0.05, 0.1) is 13.2 Å². The number of nitrogens with zero attached hydrogens (tertiary/aromatic N) is 1. The van der Waals surface area contributed by atoms with Gasteiger partial charge in [0.15, 0.2) is 5.96 Å². The fourth-order valence-corrected chi connectivity index (χ4v) is 2.08. The molecule has 0 radical (unpaired) electrons. The Kier molecular flexibility index (Phi) is 5.88. The summed E-state index contributed by atoms with van der Waals surface area (Å²) in [5.41, 5.74) is 5.69. The van der Waals surface area contributed by atoms with E-state index in [1.165, 1.54) is 9.75 Å². The Balaban J connectivity index is 2.33. The second kappa shape index (κ2) is 7.24. The lowest BCUT2D eigenvalue weighted by Crippen LogP contribution is -2.34. The average Bonchev–Trinajstić information content (AvgIpc) is 2.74. The third kappa shape index (κ3) is 4.63. The second-order valence-electron chi connectivity index (χ2n) is 3.34. The molecule has 90 valence electrons. The van der Waals surface area contributed by atoms with Gasteiger partial charge in [-0.3, -0.25) is 0 Å². The minimum absolute atomic E-state index is 0.475. The number of thiophene rings is 1. The Morgan fingerprint density at radius 1 is 1.50 bits per heavy atom. The van der Waals surface area contributed by atoms with Crippen LogP contribution >= 0.6 is 11.3 Å². The number of ether oxygens (including phenoxy) is 1. The van der Waals surface area contributed by atoms with E-state index in [0.29, 0.717) is 25.7 Å². The van der Waals surface area contributed by atoms with Crippen molar-refractivity contribution in [1.82, 2.24) is 5.32 Å². The van der Waals surface area contributed by atoms with Crippen molar-refractivity contribution in [3.8, 4) is 0 Å². The summed E-state index contributed by atoms with van der Waals surface area (Å²) in [6.07, 6.45) is 1.08. The van der Waals surface area contributed by atoms with Crippen LogP contribution in [-0.4, -0.2) is 26.2 Å². The number of nitrogens with one attached hydrogen (secondary N) is 1. The van der Waals surface area contributed by atoms with Crippen molar-refractivity contribution >= 4 is 17.3 Å². The molecule has 0 aliphatic heterocycles. The van der Waals surface area contributed by atoms with Crippen LogP contribution in [0.5, 0.6) is 0 Å². The van der Waals surface area contributed by atoms with Crippen LogP contribution in [0.3, 0.4) is 0 Å². The standard InChI is InChI=1S/C11H19N3OS/c1-3-9-4-5-10(16-9)8-14-11(12)13-6-7-15-2/h4-5H,3,6-8H2,1-2H3,(H3,12,13,14).